The Morgan fingerprint density at radius 3 is 2.83 bits per heavy atom. The zero-order valence-corrected chi connectivity index (χ0v) is 10.1. The molecule has 2 N–H and O–H groups in total. The van der Waals surface area contributed by atoms with Crippen LogP contribution in [0.5, 0.6) is 5.75 Å². The molecular formula is C15H14FNO. The van der Waals surface area contributed by atoms with Crippen molar-refractivity contribution in [2.24, 2.45) is 0 Å². The molecule has 0 aliphatic carbocycles. The average molecular weight is 243 g/mol. The second kappa shape index (κ2) is 4.02. The van der Waals surface area contributed by atoms with Crippen LogP contribution in [0.3, 0.4) is 0 Å². The van der Waals surface area contributed by atoms with Crippen LogP contribution in [0, 0.1) is 5.82 Å². The van der Waals surface area contributed by atoms with Crippen LogP contribution in [0.15, 0.2) is 36.4 Å². The second-order valence-corrected chi connectivity index (χ2v) is 4.69. The van der Waals surface area contributed by atoms with Gasteiger partial charge in [0.05, 0.1) is 0 Å². The number of nitrogen functional groups attached to an aromatic ring is 1. The predicted octanol–water partition coefficient (Wildman–Crippen LogP) is 3.40. The average Bonchev–Trinajstić information content (AvgIpc) is 2.68. The van der Waals surface area contributed by atoms with Gasteiger partial charge in [0.1, 0.15) is 17.7 Å². The molecule has 2 aromatic carbocycles. The van der Waals surface area contributed by atoms with Crippen LogP contribution in [-0.4, -0.2) is 6.10 Å². The number of hydrogen-bond acceptors (Lipinski definition) is 2. The number of fused-ring (bicyclic) bond motifs is 1. The summed E-state index contributed by atoms with van der Waals surface area (Å²) in [5, 5.41) is 0. The van der Waals surface area contributed by atoms with Crippen molar-refractivity contribution in [2.75, 3.05) is 5.73 Å². The molecule has 18 heavy (non-hydrogen) atoms. The number of nitrogens with two attached hydrogens (primary N) is 1. The fourth-order valence-corrected chi connectivity index (χ4v) is 2.36. The van der Waals surface area contributed by atoms with E-state index in [-0.39, 0.29) is 11.9 Å². The maximum Gasteiger partial charge on any atom is 0.133 e. The first-order chi connectivity index (χ1) is 8.63. The van der Waals surface area contributed by atoms with E-state index in [0.717, 1.165) is 23.3 Å². The summed E-state index contributed by atoms with van der Waals surface area (Å²) in [5.41, 5.74) is 8.57. The maximum absolute atomic E-state index is 13.9. The van der Waals surface area contributed by atoms with Gasteiger partial charge in [-0.1, -0.05) is 6.07 Å². The summed E-state index contributed by atoms with van der Waals surface area (Å²) in [6, 6.07) is 10.6. The van der Waals surface area contributed by atoms with E-state index in [1.165, 1.54) is 6.07 Å². The molecule has 0 aromatic heterocycles. The van der Waals surface area contributed by atoms with E-state index in [0.29, 0.717) is 11.3 Å². The SMILES string of the molecule is CC1Cc2cc(-c3ccc(N)cc3F)ccc2O1. The third kappa shape index (κ3) is 1.82. The minimum atomic E-state index is -0.290. The number of anilines is 1. The maximum atomic E-state index is 13.9. The first-order valence-electron chi connectivity index (χ1n) is 5.98. The molecule has 0 saturated carbocycles. The molecule has 3 heteroatoms. The molecule has 0 amide bonds. The number of hydrogen-bond donors (Lipinski definition) is 1. The van der Waals surface area contributed by atoms with Gasteiger partial charge >= 0.3 is 0 Å². The first-order valence-corrected chi connectivity index (χ1v) is 5.98. The highest BCUT2D eigenvalue weighted by molar-refractivity contribution is 5.68. The van der Waals surface area contributed by atoms with Crippen molar-refractivity contribution in [2.45, 2.75) is 19.4 Å². The van der Waals surface area contributed by atoms with Gasteiger partial charge in [-0.05, 0) is 48.4 Å². The van der Waals surface area contributed by atoms with Crippen LogP contribution in [0.1, 0.15) is 12.5 Å². The van der Waals surface area contributed by atoms with Crippen molar-refractivity contribution in [3.63, 3.8) is 0 Å². The molecule has 0 fully saturated rings. The zero-order valence-electron chi connectivity index (χ0n) is 10.1. The van der Waals surface area contributed by atoms with Gasteiger partial charge in [-0.15, -0.1) is 0 Å². The van der Waals surface area contributed by atoms with E-state index >= 15 is 0 Å². The van der Waals surface area contributed by atoms with Crippen molar-refractivity contribution < 1.29 is 9.13 Å². The summed E-state index contributed by atoms with van der Waals surface area (Å²) in [6.07, 6.45) is 1.08. The number of benzene rings is 2. The lowest BCUT2D eigenvalue weighted by Crippen LogP contribution is -2.05. The lowest BCUT2D eigenvalue weighted by molar-refractivity contribution is 0.254. The lowest BCUT2D eigenvalue weighted by atomic mass is 10.0. The summed E-state index contributed by atoms with van der Waals surface area (Å²) in [6.45, 7) is 2.03. The summed E-state index contributed by atoms with van der Waals surface area (Å²) in [7, 11) is 0. The van der Waals surface area contributed by atoms with Gasteiger partial charge in [-0.25, -0.2) is 4.39 Å². The Labute approximate surface area is 105 Å². The molecule has 1 heterocycles. The van der Waals surface area contributed by atoms with Crippen LogP contribution in [0.25, 0.3) is 11.1 Å². The van der Waals surface area contributed by atoms with Gasteiger partial charge in [-0.3, -0.25) is 0 Å². The molecule has 1 atom stereocenters. The summed E-state index contributed by atoms with van der Waals surface area (Å²) in [5.74, 6) is 0.615. The molecule has 0 spiro atoms. The van der Waals surface area contributed by atoms with Crippen molar-refractivity contribution in [3.05, 3.63) is 47.8 Å². The van der Waals surface area contributed by atoms with Crippen LogP contribution in [-0.2, 0) is 6.42 Å². The van der Waals surface area contributed by atoms with Gasteiger partial charge in [0.2, 0.25) is 0 Å². The molecule has 2 nitrogen and oxygen atoms in total. The monoisotopic (exact) mass is 243 g/mol. The quantitative estimate of drug-likeness (QED) is 0.779. The Kier molecular flexibility index (Phi) is 2.47. The molecule has 0 radical (unpaired) electrons. The Morgan fingerprint density at radius 2 is 2.06 bits per heavy atom. The third-order valence-electron chi connectivity index (χ3n) is 3.20. The van der Waals surface area contributed by atoms with E-state index in [9.17, 15) is 4.39 Å². The predicted molar refractivity (Wildman–Crippen MR) is 70.0 cm³/mol. The van der Waals surface area contributed by atoms with Gasteiger partial charge in [0, 0.05) is 17.7 Å². The largest absolute Gasteiger partial charge is 0.490 e. The Balaban J connectivity index is 2.05. The fraction of sp³-hybridized carbons (Fsp3) is 0.200. The summed E-state index contributed by atoms with van der Waals surface area (Å²) >= 11 is 0. The van der Waals surface area contributed by atoms with Crippen molar-refractivity contribution in [1.82, 2.24) is 0 Å². The van der Waals surface area contributed by atoms with Crippen LogP contribution in [0.2, 0.25) is 0 Å². The minimum absolute atomic E-state index is 0.200. The Bertz CT molecular complexity index is 609. The van der Waals surface area contributed by atoms with E-state index in [2.05, 4.69) is 0 Å². The molecule has 0 saturated heterocycles. The van der Waals surface area contributed by atoms with Crippen molar-refractivity contribution in [3.8, 4) is 16.9 Å². The highest BCUT2D eigenvalue weighted by Crippen LogP contribution is 2.33. The van der Waals surface area contributed by atoms with Crippen molar-refractivity contribution >= 4 is 5.69 Å². The normalized spacial score (nSPS) is 17.3. The number of ether oxygens (including phenoxy) is 1. The molecule has 1 aliphatic rings. The van der Waals surface area contributed by atoms with Gasteiger partial charge in [0.25, 0.3) is 0 Å². The summed E-state index contributed by atoms with van der Waals surface area (Å²) < 4.78 is 19.5. The smallest absolute Gasteiger partial charge is 0.133 e. The lowest BCUT2D eigenvalue weighted by Gasteiger charge is -2.06. The fourth-order valence-electron chi connectivity index (χ4n) is 2.36. The second-order valence-electron chi connectivity index (χ2n) is 4.69. The molecule has 92 valence electrons. The van der Waals surface area contributed by atoms with Crippen LogP contribution >= 0.6 is 0 Å². The zero-order chi connectivity index (χ0) is 12.7. The van der Waals surface area contributed by atoms with Gasteiger partial charge in [-0.2, -0.15) is 0 Å². The third-order valence-corrected chi connectivity index (χ3v) is 3.20. The van der Waals surface area contributed by atoms with E-state index in [4.69, 9.17) is 10.5 Å². The molecular weight excluding hydrogens is 229 g/mol. The number of halogens is 1. The number of rotatable bonds is 1. The molecule has 2 aromatic rings. The topological polar surface area (TPSA) is 35.2 Å². The van der Waals surface area contributed by atoms with E-state index in [1.807, 2.05) is 25.1 Å². The molecule has 1 aliphatic heterocycles. The Hall–Kier alpha value is -2.03. The Morgan fingerprint density at radius 1 is 1.22 bits per heavy atom. The van der Waals surface area contributed by atoms with Crippen LogP contribution < -0.4 is 10.5 Å². The van der Waals surface area contributed by atoms with Gasteiger partial charge in [0.15, 0.2) is 0 Å². The summed E-state index contributed by atoms with van der Waals surface area (Å²) in [4.78, 5) is 0. The van der Waals surface area contributed by atoms with Crippen LogP contribution in [0.4, 0.5) is 10.1 Å². The van der Waals surface area contributed by atoms with Crippen molar-refractivity contribution in [1.29, 1.82) is 0 Å². The minimum Gasteiger partial charge on any atom is -0.490 e. The van der Waals surface area contributed by atoms with E-state index < -0.39 is 0 Å². The molecule has 3 rings (SSSR count). The highest BCUT2D eigenvalue weighted by Gasteiger charge is 2.19. The standard InChI is InChI=1S/C15H14FNO/c1-9-6-11-7-10(2-5-15(11)18-9)13-4-3-12(17)8-14(13)16/h2-5,7-9H,6,17H2,1H3. The van der Waals surface area contributed by atoms with Gasteiger partial charge < -0.3 is 10.5 Å². The highest BCUT2D eigenvalue weighted by atomic mass is 19.1. The first kappa shape index (κ1) is 11.1. The van der Waals surface area contributed by atoms with E-state index in [1.54, 1.807) is 12.1 Å². The molecule has 0 bridgehead atoms. The molecule has 1 unspecified atom stereocenters.